The smallest absolute Gasteiger partial charge is 0.258 e. The van der Waals surface area contributed by atoms with Crippen LogP contribution in [0, 0.1) is 5.92 Å². The van der Waals surface area contributed by atoms with E-state index in [1.807, 2.05) is 41.3 Å². The highest BCUT2D eigenvalue weighted by Gasteiger charge is 2.71. The van der Waals surface area contributed by atoms with E-state index >= 15 is 0 Å². The molecule has 0 N–H and O–H groups in total. The molecule has 2 aromatic rings. The van der Waals surface area contributed by atoms with Crippen LogP contribution in [0.4, 0.5) is 5.69 Å². The Kier molecular flexibility index (Phi) is 5.53. The van der Waals surface area contributed by atoms with E-state index in [4.69, 9.17) is 21.1 Å². The Labute approximate surface area is 207 Å². The van der Waals surface area contributed by atoms with Crippen LogP contribution in [0.2, 0.25) is 5.02 Å². The first-order valence-electron chi connectivity index (χ1n) is 12.8. The third kappa shape index (κ3) is 3.51. The van der Waals surface area contributed by atoms with Crippen LogP contribution in [0.5, 0.6) is 11.5 Å². The fraction of sp³-hybridized carbons (Fsp3) is 0.536. The summed E-state index contributed by atoms with van der Waals surface area (Å²) in [6.07, 6.45) is 8.01. The Morgan fingerprint density at radius 3 is 2.79 bits per heavy atom. The van der Waals surface area contributed by atoms with Crippen molar-refractivity contribution in [3.05, 3.63) is 52.5 Å². The summed E-state index contributed by atoms with van der Waals surface area (Å²) < 4.78 is 12.2. The minimum atomic E-state index is 0.0106. The molecule has 5 nitrogen and oxygen atoms in total. The molecule has 0 radical (unpaired) electrons. The van der Waals surface area contributed by atoms with E-state index in [0.29, 0.717) is 29.8 Å². The van der Waals surface area contributed by atoms with Crippen molar-refractivity contribution < 1.29 is 14.3 Å². The van der Waals surface area contributed by atoms with Gasteiger partial charge in [0.05, 0.1) is 11.6 Å². The van der Waals surface area contributed by atoms with Crippen molar-refractivity contribution in [2.75, 3.05) is 25.1 Å². The van der Waals surface area contributed by atoms with Gasteiger partial charge in [-0.3, -0.25) is 9.69 Å². The number of hydrogen-bond donors (Lipinski definition) is 0. The maximum atomic E-state index is 13.3. The van der Waals surface area contributed by atoms with E-state index in [2.05, 4.69) is 18.9 Å². The fourth-order valence-electron chi connectivity index (χ4n) is 6.63. The second-order valence-electron chi connectivity index (χ2n) is 10.4. The third-order valence-electron chi connectivity index (χ3n) is 8.71. The fourth-order valence-corrected chi connectivity index (χ4v) is 6.85. The van der Waals surface area contributed by atoms with Crippen molar-refractivity contribution in [1.29, 1.82) is 0 Å². The number of hydrogen-bond acceptors (Lipinski definition) is 4. The molecule has 2 aliphatic carbocycles. The molecule has 0 aromatic heterocycles. The lowest BCUT2D eigenvalue weighted by molar-refractivity contribution is 0.0655. The number of likely N-dealkylation sites (N-methyl/N-ethyl adjacent to an activating group) is 1. The van der Waals surface area contributed by atoms with Crippen molar-refractivity contribution >= 4 is 23.2 Å². The zero-order chi connectivity index (χ0) is 23.4. The summed E-state index contributed by atoms with van der Waals surface area (Å²) in [5.74, 6) is 2.35. The number of likely N-dealkylation sites (tertiary alicyclic amines) is 1. The molecular weight excluding hydrogens is 448 g/mol. The number of rotatable bonds is 7. The van der Waals surface area contributed by atoms with Gasteiger partial charge in [-0.15, -0.1) is 0 Å². The van der Waals surface area contributed by atoms with E-state index in [1.54, 1.807) is 0 Å². The third-order valence-corrected chi connectivity index (χ3v) is 9.01. The lowest BCUT2D eigenvalue weighted by Gasteiger charge is -2.43. The van der Waals surface area contributed by atoms with E-state index < -0.39 is 0 Å². The number of unbranched alkanes of at least 4 members (excludes halogenated alkanes) is 1. The molecule has 6 heteroatoms. The van der Waals surface area contributed by atoms with Crippen LogP contribution >= 0.6 is 11.6 Å². The van der Waals surface area contributed by atoms with Crippen molar-refractivity contribution in [3.63, 3.8) is 0 Å². The lowest BCUT2D eigenvalue weighted by Crippen LogP contribution is -2.46. The molecule has 1 saturated heterocycles. The standard InChI is InChI=1S/C28H33ClN2O3/c1-3-4-13-33-21-6-7-23-18(14-21)10-12-31(27(23)32)20-5-8-25(24(29)16-20)34-22-15-19-9-11-28(19)26(17-22)30(28)2/h5-8,14,16,19,22,26H,3-4,9-13,15,17H2,1-2H3/t19-,22+,26-,28?,30?/m1/s1. The van der Waals surface area contributed by atoms with Crippen molar-refractivity contribution in [3.8, 4) is 11.5 Å². The highest BCUT2D eigenvalue weighted by atomic mass is 35.5. The second kappa shape index (κ2) is 8.46. The summed E-state index contributed by atoms with van der Waals surface area (Å²) >= 11 is 6.66. The van der Waals surface area contributed by atoms with E-state index in [1.165, 1.54) is 12.8 Å². The number of fused-ring (bicyclic) bond motifs is 1. The lowest BCUT2D eigenvalue weighted by atomic mass is 9.64. The first-order chi connectivity index (χ1) is 16.5. The second-order valence-corrected chi connectivity index (χ2v) is 10.8. The average Bonchev–Trinajstić information content (AvgIpc) is 3.44. The molecule has 3 fully saturated rings. The predicted octanol–water partition coefficient (Wildman–Crippen LogP) is 5.73. The number of carbonyl (C=O) groups excluding carboxylic acids is 1. The van der Waals surface area contributed by atoms with E-state index in [-0.39, 0.29) is 12.0 Å². The first kappa shape index (κ1) is 22.2. The van der Waals surface area contributed by atoms with Crippen LogP contribution in [0.15, 0.2) is 36.4 Å². The first-order valence-corrected chi connectivity index (χ1v) is 13.2. The van der Waals surface area contributed by atoms with Crippen LogP contribution in [0.3, 0.4) is 0 Å². The molecule has 1 amide bonds. The Bertz CT molecular complexity index is 1110. The predicted molar refractivity (Wildman–Crippen MR) is 134 cm³/mol. The summed E-state index contributed by atoms with van der Waals surface area (Å²) in [4.78, 5) is 17.6. The van der Waals surface area contributed by atoms with Gasteiger partial charge in [-0.25, -0.2) is 0 Å². The highest BCUT2D eigenvalue weighted by molar-refractivity contribution is 6.32. The summed E-state index contributed by atoms with van der Waals surface area (Å²) in [5, 5.41) is 0.574. The zero-order valence-corrected chi connectivity index (χ0v) is 20.8. The van der Waals surface area contributed by atoms with Crippen molar-refractivity contribution in [2.45, 2.75) is 69.6 Å². The Morgan fingerprint density at radius 1 is 1.18 bits per heavy atom. The summed E-state index contributed by atoms with van der Waals surface area (Å²) in [6.45, 7) is 3.48. The average molecular weight is 481 g/mol. The Balaban J connectivity index is 1.13. The van der Waals surface area contributed by atoms with Crippen LogP contribution in [-0.2, 0) is 6.42 Å². The van der Waals surface area contributed by atoms with E-state index in [0.717, 1.165) is 66.3 Å². The van der Waals surface area contributed by atoms with Gasteiger partial charge >= 0.3 is 0 Å². The number of amides is 1. The number of benzene rings is 2. The van der Waals surface area contributed by atoms with Gasteiger partial charge in [0.1, 0.15) is 17.6 Å². The quantitative estimate of drug-likeness (QED) is 0.375. The van der Waals surface area contributed by atoms with Gasteiger partial charge in [-0.05, 0) is 87.0 Å². The molecule has 2 aromatic carbocycles. The molecule has 5 atom stereocenters. The molecule has 2 saturated carbocycles. The number of halogens is 1. The zero-order valence-electron chi connectivity index (χ0n) is 20.1. The maximum Gasteiger partial charge on any atom is 0.258 e. The largest absolute Gasteiger partial charge is 0.494 e. The summed E-state index contributed by atoms with van der Waals surface area (Å²) in [6, 6.07) is 12.3. The molecule has 6 rings (SSSR count). The van der Waals surface area contributed by atoms with Gasteiger partial charge in [0.2, 0.25) is 0 Å². The molecule has 1 spiro atoms. The molecule has 2 aliphatic heterocycles. The minimum absolute atomic E-state index is 0.0106. The van der Waals surface area contributed by atoms with Gasteiger partial charge in [-0.1, -0.05) is 24.9 Å². The van der Waals surface area contributed by atoms with Crippen LogP contribution in [-0.4, -0.2) is 48.7 Å². The summed E-state index contributed by atoms with van der Waals surface area (Å²) in [7, 11) is 2.26. The normalized spacial score (nSPS) is 31.1. The van der Waals surface area contributed by atoms with Gasteiger partial charge in [0.25, 0.3) is 5.91 Å². The van der Waals surface area contributed by atoms with Crippen molar-refractivity contribution in [1.82, 2.24) is 4.90 Å². The number of ether oxygens (including phenoxy) is 2. The number of anilines is 1. The van der Waals surface area contributed by atoms with E-state index in [9.17, 15) is 4.79 Å². The molecule has 34 heavy (non-hydrogen) atoms. The van der Waals surface area contributed by atoms with Gasteiger partial charge in [-0.2, -0.15) is 0 Å². The Hall–Kier alpha value is -2.24. The van der Waals surface area contributed by atoms with Gasteiger partial charge in [0, 0.05) is 35.8 Å². The number of nitrogens with zero attached hydrogens (tertiary/aromatic N) is 2. The molecular formula is C28H33ClN2O3. The summed E-state index contributed by atoms with van der Waals surface area (Å²) in [5.41, 5.74) is 3.11. The number of carbonyl (C=O) groups is 1. The topological polar surface area (TPSA) is 41.8 Å². The molecule has 2 heterocycles. The van der Waals surface area contributed by atoms with Crippen LogP contribution in [0.1, 0.15) is 61.4 Å². The van der Waals surface area contributed by atoms with Crippen LogP contribution < -0.4 is 14.4 Å². The Morgan fingerprint density at radius 2 is 2.06 bits per heavy atom. The SMILES string of the molecule is CCCCOc1ccc2c(c1)CCN(c1ccc(O[C@H]3C[C@H]4CCC45[C@@H](C3)N5C)c(Cl)c1)C2=O. The molecule has 2 unspecified atom stereocenters. The molecule has 0 bridgehead atoms. The monoisotopic (exact) mass is 480 g/mol. The maximum absolute atomic E-state index is 13.3. The van der Waals surface area contributed by atoms with Gasteiger partial charge < -0.3 is 14.4 Å². The molecule has 4 aliphatic rings. The van der Waals surface area contributed by atoms with Gasteiger partial charge in [0.15, 0.2) is 0 Å². The van der Waals surface area contributed by atoms with Crippen LogP contribution in [0.25, 0.3) is 0 Å². The molecule has 180 valence electrons. The minimum Gasteiger partial charge on any atom is -0.494 e. The highest BCUT2D eigenvalue weighted by Crippen LogP contribution is 2.64. The van der Waals surface area contributed by atoms with Crippen molar-refractivity contribution in [2.24, 2.45) is 5.92 Å².